The number of oxazole rings is 1. The molecule has 22 heavy (non-hydrogen) atoms. The molecule has 0 atom stereocenters. The molecule has 1 aromatic heterocycles. The molecule has 0 unspecified atom stereocenters. The van der Waals surface area contributed by atoms with Gasteiger partial charge >= 0.3 is 11.8 Å². The van der Waals surface area contributed by atoms with Gasteiger partial charge in [-0.3, -0.25) is 9.59 Å². The van der Waals surface area contributed by atoms with Crippen LogP contribution >= 0.6 is 0 Å². The molecule has 6 nitrogen and oxygen atoms in total. The van der Waals surface area contributed by atoms with Gasteiger partial charge in [-0.05, 0) is 51.5 Å². The Kier molecular flexibility index (Phi) is 4.30. The van der Waals surface area contributed by atoms with Gasteiger partial charge in [-0.2, -0.15) is 0 Å². The lowest BCUT2D eigenvalue weighted by molar-refractivity contribution is -0.137. The van der Waals surface area contributed by atoms with Crippen LogP contribution in [0.25, 0.3) is 11.3 Å². The topological polar surface area (TPSA) is 84.2 Å². The summed E-state index contributed by atoms with van der Waals surface area (Å²) in [6, 6.07) is 5.31. The molecule has 0 aliphatic heterocycles. The Labute approximate surface area is 128 Å². The molecular weight excluding hydrogens is 282 g/mol. The average molecular weight is 301 g/mol. The number of hydrogen-bond acceptors (Lipinski definition) is 4. The van der Waals surface area contributed by atoms with Gasteiger partial charge in [0.2, 0.25) is 0 Å². The third kappa shape index (κ3) is 3.94. The highest BCUT2D eigenvalue weighted by molar-refractivity contribution is 6.39. The van der Waals surface area contributed by atoms with Crippen LogP contribution < -0.4 is 10.6 Å². The van der Waals surface area contributed by atoms with Gasteiger partial charge in [0, 0.05) is 16.8 Å². The number of rotatable bonds is 2. The van der Waals surface area contributed by atoms with E-state index < -0.39 is 17.4 Å². The fraction of sp³-hybridized carbons (Fsp3) is 0.312. The van der Waals surface area contributed by atoms with Gasteiger partial charge in [0.05, 0.1) is 6.20 Å². The molecule has 0 fully saturated rings. The first-order valence-electron chi connectivity index (χ1n) is 6.89. The molecule has 2 N–H and O–H groups in total. The van der Waals surface area contributed by atoms with Crippen molar-refractivity contribution in [3.63, 3.8) is 0 Å². The van der Waals surface area contributed by atoms with Crippen molar-refractivity contribution >= 4 is 17.5 Å². The lowest BCUT2D eigenvalue weighted by Gasteiger charge is -2.20. The van der Waals surface area contributed by atoms with E-state index in [0.717, 1.165) is 11.1 Å². The van der Waals surface area contributed by atoms with Gasteiger partial charge in [0.25, 0.3) is 0 Å². The minimum Gasteiger partial charge on any atom is -0.444 e. The van der Waals surface area contributed by atoms with E-state index >= 15 is 0 Å². The van der Waals surface area contributed by atoms with Gasteiger partial charge < -0.3 is 15.1 Å². The summed E-state index contributed by atoms with van der Waals surface area (Å²) >= 11 is 0. The number of aromatic nitrogens is 1. The summed E-state index contributed by atoms with van der Waals surface area (Å²) in [5.74, 6) is -0.702. The van der Waals surface area contributed by atoms with Gasteiger partial charge in [0.15, 0.2) is 12.2 Å². The first kappa shape index (κ1) is 15.8. The number of carbonyl (C=O) groups is 2. The maximum absolute atomic E-state index is 11.9. The minimum absolute atomic E-state index is 0.458. The first-order chi connectivity index (χ1) is 10.3. The van der Waals surface area contributed by atoms with E-state index in [1.807, 2.05) is 33.8 Å². The van der Waals surface area contributed by atoms with Crippen molar-refractivity contribution < 1.29 is 14.0 Å². The molecule has 1 heterocycles. The van der Waals surface area contributed by atoms with Crippen molar-refractivity contribution in [3.8, 4) is 11.3 Å². The number of benzene rings is 1. The number of aryl methyl sites for hydroxylation is 1. The Morgan fingerprint density at radius 1 is 1.18 bits per heavy atom. The van der Waals surface area contributed by atoms with Gasteiger partial charge in [-0.25, -0.2) is 4.98 Å². The molecule has 0 saturated heterocycles. The third-order valence-corrected chi connectivity index (χ3v) is 2.88. The van der Waals surface area contributed by atoms with Gasteiger partial charge in [0.1, 0.15) is 0 Å². The fourth-order valence-corrected chi connectivity index (χ4v) is 1.95. The lowest BCUT2D eigenvalue weighted by atomic mass is 10.1. The highest BCUT2D eigenvalue weighted by Crippen LogP contribution is 2.25. The Morgan fingerprint density at radius 2 is 1.91 bits per heavy atom. The van der Waals surface area contributed by atoms with E-state index in [1.54, 1.807) is 18.3 Å². The summed E-state index contributed by atoms with van der Waals surface area (Å²) in [6.07, 6.45) is 2.98. The average Bonchev–Trinajstić information content (AvgIpc) is 2.90. The number of nitrogens with zero attached hydrogens (tertiary/aromatic N) is 1. The molecule has 2 amide bonds. The highest BCUT2D eigenvalue weighted by atomic mass is 16.3. The molecule has 2 aromatic rings. The van der Waals surface area contributed by atoms with Crippen molar-refractivity contribution in [3.05, 3.63) is 36.4 Å². The summed E-state index contributed by atoms with van der Waals surface area (Å²) in [4.78, 5) is 27.5. The van der Waals surface area contributed by atoms with Crippen LogP contribution in [0.2, 0.25) is 0 Å². The number of anilines is 1. The van der Waals surface area contributed by atoms with E-state index in [4.69, 9.17) is 4.42 Å². The molecular formula is C16H19N3O3. The maximum Gasteiger partial charge on any atom is 0.313 e. The maximum atomic E-state index is 11.9. The summed E-state index contributed by atoms with van der Waals surface area (Å²) in [6.45, 7) is 7.33. The van der Waals surface area contributed by atoms with Crippen LogP contribution in [0.5, 0.6) is 0 Å². The number of hydrogen-bond donors (Lipinski definition) is 2. The molecule has 0 radical (unpaired) electrons. The van der Waals surface area contributed by atoms with E-state index in [9.17, 15) is 9.59 Å². The first-order valence-corrected chi connectivity index (χ1v) is 6.89. The molecule has 6 heteroatoms. The Morgan fingerprint density at radius 3 is 2.45 bits per heavy atom. The molecule has 2 rings (SSSR count). The van der Waals surface area contributed by atoms with Crippen LogP contribution in [0.3, 0.4) is 0 Å². The van der Waals surface area contributed by atoms with Gasteiger partial charge in [-0.15, -0.1) is 0 Å². The highest BCUT2D eigenvalue weighted by Gasteiger charge is 2.20. The van der Waals surface area contributed by atoms with E-state index in [0.29, 0.717) is 11.4 Å². The summed E-state index contributed by atoms with van der Waals surface area (Å²) in [7, 11) is 0. The minimum atomic E-state index is -0.693. The van der Waals surface area contributed by atoms with E-state index in [1.165, 1.54) is 6.39 Å². The van der Waals surface area contributed by atoms with Crippen LogP contribution in [0.15, 0.2) is 35.2 Å². The van der Waals surface area contributed by atoms with Crippen LogP contribution in [0, 0.1) is 6.92 Å². The van der Waals surface area contributed by atoms with Crippen molar-refractivity contribution in [2.24, 2.45) is 0 Å². The quantitative estimate of drug-likeness (QED) is 0.835. The predicted molar refractivity (Wildman–Crippen MR) is 83.2 cm³/mol. The molecule has 0 bridgehead atoms. The molecule has 116 valence electrons. The van der Waals surface area contributed by atoms with E-state index in [2.05, 4.69) is 15.6 Å². The SMILES string of the molecule is Cc1cc(NC(=O)C(=O)NC(C)(C)C)ccc1-c1cnco1. The van der Waals surface area contributed by atoms with Crippen LogP contribution in [0.4, 0.5) is 5.69 Å². The van der Waals surface area contributed by atoms with Crippen LogP contribution in [-0.2, 0) is 9.59 Å². The predicted octanol–water partition coefficient (Wildman–Crippen LogP) is 2.50. The second kappa shape index (κ2) is 6.01. The second-order valence-corrected chi connectivity index (χ2v) is 6.05. The third-order valence-electron chi connectivity index (χ3n) is 2.88. The molecule has 0 saturated carbocycles. The largest absolute Gasteiger partial charge is 0.444 e. The zero-order chi connectivity index (χ0) is 16.3. The number of amides is 2. The Bertz CT molecular complexity index is 685. The standard InChI is InChI=1S/C16H19N3O3/c1-10-7-11(5-6-12(10)13-8-17-9-22-13)18-14(20)15(21)19-16(2,3)4/h5-9H,1-4H3,(H,18,20)(H,19,21). The molecule has 0 spiro atoms. The zero-order valence-electron chi connectivity index (χ0n) is 13.1. The number of nitrogens with one attached hydrogen (secondary N) is 2. The summed E-state index contributed by atoms with van der Waals surface area (Å²) in [5, 5.41) is 5.19. The lowest BCUT2D eigenvalue weighted by Crippen LogP contribution is -2.46. The molecule has 0 aliphatic carbocycles. The van der Waals surface area contributed by atoms with Crippen molar-refractivity contribution in [2.45, 2.75) is 33.2 Å². The molecule has 0 aliphatic rings. The van der Waals surface area contributed by atoms with Crippen molar-refractivity contribution in [1.82, 2.24) is 10.3 Å². The summed E-state index contributed by atoms with van der Waals surface area (Å²) in [5.41, 5.74) is 1.88. The second-order valence-electron chi connectivity index (χ2n) is 6.05. The fourth-order valence-electron chi connectivity index (χ4n) is 1.95. The molecule has 1 aromatic carbocycles. The monoisotopic (exact) mass is 301 g/mol. The Hall–Kier alpha value is -2.63. The smallest absolute Gasteiger partial charge is 0.313 e. The summed E-state index contributed by atoms with van der Waals surface area (Å²) < 4.78 is 5.25. The zero-order valence-corrected chi connectivity index (χ0v) is 13.1. The van der Waals surface area contributed by atoms with E-state index in [-0.39, 0.29) is 0 Å². The Balaban J connectivity index is 2.10. The van der Waals surface area contributed by atoms with Crippen LogP contribution in [-0.4, -0.2) is 22.3 Å². The number of carbonyl (C=O) groups excluding carboxylic acids is 2. The van der Waals surface area contributed by atoms with Crippen molar-refractivity contribution in [1.29, 1.82) is 0 Å². The van der Waals surface area contributed by atoms with Gasteiger partial charge in [-0.1, -0.05) is 0 Å². The van der Waals surface area contributed by atoms with Crippen LogP contribution in [0.1, 0.15) is 26.3 Å². The normalized spacial score (nSPS) is 11.1. The van der Waals surface area contributed by atoms with Crippen molar-refractivity contribution in [2.75, 3.05) is 5.32 Å².